The van der Waals surface area contributed by atoms with Gasteiger partial charge < -0.3 is 15.4 Å². The maximum atomic E-state index is 14.5. The number of aromatic nitrogens is 1. The standard InChI is InChI=1S/C21H18F2N4O/c1-24-21-17-16(28-2)9-8-14(13-6-3-7-15(22)18(13)23)19(17)26-20(27-21)12-5-4-10-25-11-12/h3-11,20,26H,1-2H3,(H,24,27). The second-order valence-corrected chi connectivity index (χ2v) is 6.25. The molecule has 1 aliphatic rings. The number of fused-ring (bicyclic) bond motifs is 1. The van der Waals surface area contributed by atoms with Crippen molar-refractivity contribution in [2.45, 2.75) is 6.17 Å². The Hall–Kier alpha value is -3.48. The normalized spacial score (nSPS) is 16.9. The van der Waals surface area contributed by atoms with Crippen molar-refractivity contribution in [3.8, 4) is 16.9 Å². The van der Waals surface area contributed by atoms with Gasteiger partial charge in [0.1, 0.15) is 17.8 Å². The van der Waals surface area contributed by atoms with Crippen LogP contribution in [0, 0.1) is 11.6 Å². The van der Waals surface area contributed by atoms with Crippen molar-refractivity contribution >= 4 is 11.5 Å². The summed E-state index contributed by atoms with van der Waals surface area (Å²) in [5.74, 6) is -0.647. The summed E-state index contributed by atoms with van der Waals surface area (Å²) in [7, 11) is 3.21. The predicted molar refractivity (Wildman–Crippen MR) is 105 cm³/mol. The van der Waals surface area contributed by atoms with Gasteiger partial charge in [0.2, 0.25) is 0 Å². The molecule has 0 saturated heterocycles. The Morgan fingerprint density at radius 2 is 1.89 bits per heavy atom. The fourth-order valence-electron chi connectivity index (χ4n) is 3.35. The van der Waals surface area contributed by atoms with E-state index in [1.807, 2.05) is 12.1 Å². The Morgan fingerprint density at radius 1 is 1.04 bits per heavy atom. The summed E-state index contributed by atoms with van der Waals surface area (Å²) in [6.45, 7) is 0. The molecule has 1 atom stereocenters. The van der Waals surface area contributed by atoms with Crippen LogP contribution in [0.25, 0.3) is 11.1 Å². The van der Waals surface area contributed by atoms with Crippen LogP contribution in [0.15, 0.2) is 59.9 Å². The van der Waals surface area contributed by atoms with Crippen molar-refractivity contribution in [2.75, 3.05) is 19.5 Å². The van der Waals surface area contributed by atoms with Crippen LogP contribution >= 0.6 is 0 Å². The van der Waals surface area contributed by atoms with E-state index in [9.17, 15) is 8.78 Å². The Labute approximate surface area is 161 Å². The topological polar surface area (TPSA) is 58.5 Å². The first-order valence-corrected chi connectivity index (χ1v) is 8.69. The highest BCUT2D eigenvalue weighted by Gasteiger charge is 2.29. The Kier molecular flexibility index (Phi) is 4.65. The molecule has 2 aromatic carbocycles. The van der Waals surface area contributed by atoms with E-state index < -0.39 is 11.6 Å². The molecule has 0 spiro atoms. The zero-order valence-corrected chi connectivity index (χ0v) is 15.3. The first kappa shape index (κ1) is 17.9. The highest BCUT2D eigenvalue weighted by atomic mass is 19.2. The number of ether oxygens (including phenoxy) is 1. The predicted octanol–water partition coefficient (Wildman–Crippen LogP) is 4.13. The number of hydrogen-bond acceptors (Lipinski definition) is 4. The number of halogens is 2. The summed E-state index contributed by atoms with van der Waals surface area (Å²) < 4.78 is 33.9. The minimum atomic E-state index is -0.900. The molecule has 0 fully saturated rings. The van der Waals surface area contributed by atoms with E-state index >= 15 is 0 Å². The van der Waals surface area contributed by atoms with Gasteiger partial charge in [0, 0.05) is 36.1 Å². The second kappa shape index (κ2) is 7.26. The molecule has 2 heterocycles. The number of pyridine rings is 1. The van der Waals surface area contributed by atoms with Crippen LogP contribution in [0.5, 0.6) is 5.75 Å². The van der Waals surface area contributed by atoms with Gasteiger partial charge >= 0.3 is 0 Å². The van der Waals surface area contributed by atoms with Gasteiger partial charge in [0.15, 0.2) is 11.6 Å². The van der Waals surface area contributed by atoms with Crippen LogP contribution in [0.3, 0.4) is 0 Å². The van der Waals surface area contributed by atoms with Crippen molar-refractivity contribution in [1.29, 1.82) is 0 Å². The summed E-state index contributed by atoms with van der Waals surface area (Å²) in [6.07, 6.45) is 3.07. The SMILES string of the molecule is CN=C1NC(c2cccnc2)Nc2c(-c3cccc(F)c3F)ccc(OC)c21. The number of methoxy groups -OCH3 is 1. The molecule has 0 amide bonds. The molecule has 28 heavy (non-hydrogen) atoms. The largest absolute Gasteiger partial charge is 0.496 e. The van der Waals surface area contributed by atoms with E-state index in [1.54, 1.807) is 44.8 Å². The molecule has 2 N–H and O–H groups in total. The molecule has 3 aromatic rings. The van der Waals surface area contributed by atoms with Gasteiger partial charge in [-0.1, -0.05) is 18.2 Å². The highest BCUT2D eigenvalue weighted by Crippen LogP contribution is 2.41. The Balaban J connectivity index is 1.94. The number of anilines is 1. The number of benzene rings is 2. The van der Waals surface area contributed by atoms with Crippen LogP contribution in [0.1, 0.15) is 17.3 Å². The summed E-state index contributed by atoms with van der Waals surface area (Å²) in [5, 5.41) is 6.67. The van der Waals surface area contributed by atoms with Crippen molar-refractivity contribution in [3.05, 3.63) is 77.6 Å². The van der Waals surface area contributed by atoms with Crippen molar-refractivity contribution < 1.29 is 13.5 Å². The van der Waals surface area contributed by atoms with E-state index in [0.717, 1.165) is 11.6 Å². The summed E-state index contributed by atoms with van der Waals surface area (Å²) in [6, 6.07) is 11.3. The molecule has 4 rings (SSSR count). The lowest BCUT2D eigenvalue weighted by Crippen LogP contribution is -2.39. The molecule has 0 bridgehead atoms. The van der Waals surface area contributed by atoms with Crippen LogP contribution in [-0.2, 0) is 0 Å². The van der Waals surface area contributed by atoms with Crippen molar-refractivity contribution in [2.24, 2.45) is 4.99 Å². The lowest BCUT2D eigenvalue weighted by molar-refractivity contribution is 0.413. The van der Waals surface area contributed by atoms with E-state index in [1.165, 1.54) is 6.07 Å². The van der Waals surface area contributed by atoms with Crippen LogP contribution in [0.4, 0.5) is 14.5 Å². The van der Waals surface area contributed by atoms with Gasteiger partial charge in [-0.05, 0) is 24.3 Å². The number of nitrogens with one attached hydrogen (secondary N) is 2. The molecule has 0 radical (unpaired) electrons. The Bertz CT molecular complexity index is 1050. The molecule has 5 nitrogen and oxygen atoms in total. The smallest absolute Gasteiger partial charge is 0.166 e. The molecule has 7 heteroatoms. The summed E-state index contributed by atoms with van der Waals surface area (Å²) in [4.78, 5) is 8.50. The number of amidine groups is 1. The number of aliphatic imine (C=N–C) groups is 1. The second-order valence-electron chi connectivity index (χ2n) is 6.25. The van der Waals surface area contributed by atoms with Gasteiger partial charge in [-0.25, -0.2) is 8.78 Å². The maximum absolute atomic E-state index is 14.5. The average Bonchev–Trinajstić information content (AvgIpc) is 2.75. The van der Waals surface area contributed by atoms with Crippen molar-refractivity contribution in [3.63, 3.8) is 0 Å². The number of hydrogen-bond donors (Lipinski definition) is 2. The zero-order chi connectivity index (χ0) is 19.7. The minimum absolute atomic E-state index is 0.161. The van der Waals surface area contributed by atoms with E-state index in [4.69, 9.17) is 4.74 Å². The lowest BCUT2D eigenvalue weighted by atomic mass is 9.95. The van der Waals surface area contributed by atoms with Crippen molar-refractivity contribution in [1.82, 2.24) is 10.3 Å². The number of nitrogens with zero attached hydrogens (tertiary/aromatic N) is 2. The fourth-order valence-corrected chi connectivity index (χ4v) is 3.35. The first-order valence-electron chi connectivity index (χ1n) is 8.69. The summed E-state index contributed by atoms with van der Waals surface area (Å²) >= 11 is 0. The minimum Gasteiger partial charge on any atom is -0.496 e. The molecular weight excluding hydrogens is 362 g/mol. The molecular formula is C21H18F2N4O. The molecule has 142 valence electrons. The van der Waals surface area contributed by atoms with Gasteiger partial charge in [-0.3, -0.25) is 9.98 Å². The fraction of sp³-hybridized carbons (Fsp3) is 0.143. The third-order valence-corrected chi connectivity index (χ3v) is 4.68. The van der Waals surface area contributed by atoms with Gasteiger partial charge in [-0.15, -0.1) is 0 Å². The van der Waals surface area contributed by atoms with E-state index in [-0.39, 0.29) is 11.7 Å². The lowest BCUT2D eigenvalue weighted by Gasteiger charge is -2.32. The monoisotopic (exact) mass is 380 g/mol. The van der Waals surface area contributed by atoms with Crippen LogP contribution in [-0.4, -0.2) is 25.0 Å². The molecule has 0 aliphatic carbocycles. The average molecular weight is 380 g/mol. The van der Waals surface area contributed by atoms with Crippen LogP contribution in [0.2, 0.25) is 0 Å². The van der Waals surface area contributed by atoms with Gasteiger partial charge in [-0.2, -0.15) is 0 Å². The number of rotatable bonds is 3. The van der Waals surface area contributed by atoms with Gasteiger partial charge in [0.25, 0.3) is 0 Å². The molecule has 1 aliphatic heterocycles. The first-order chi connectivity index (χ1) is 13.6. The third-order valence-electron chi connectivity index (χ3n) is 4.68. The van der Waals surface area contributed by atoms with E-state index in [0.29, 0.717) is 28.4 Å². The summed E-state index contributed by atoms with van der Waals surface area (Å²) in [5.41, 5.74) is 2.82. The van der Waals surface area contributed by atoms with Crippen LogP contribution < -0.4 is 15.4 Å². The van der Waals surface area contributed by atoms with Gasteiger partial charge in [0.05, 0.1) is 18.4 Å². The molecule has 0 saturated carbocycles. The molecule has 1 unspecified atom stereocenters. The maximum Gasteiger partial charge on any atom is 0.166 e. The zero-order valence-electron chi connectivity index (χ0n) is 15.3. The van der Waals surface area contributed by atoms with E-state index in [2.05, 4.69) is 20.6 Å². The molecule has 1 aromatic heterocycles. The third kappa shape index (κ3) is 2.94. The Morgan fingerprint density at radius 3 is 2.61 bits per heavy atom. The quantitative estimate of drug-likeness (QED) is 0.718. The highest BCUT2D eigenvalue weighted by molar-refractivity contribution is 6.10.